The maximum atomic E-state index is 12.7. The minimum absolute atomic E-state index is 0.0759. The summed E-state index contributed by atoms with van der Waals surface area (Å²) >= 11 is 0. The van der Waals surface area contributed by atoms with Crippen LogP contribution in [0, 0.1) is 11.8 Å². The van der Waals surface area contributed by atoms with Gasteiger partial charge in [-0.15, -0.1) is 0 Å². The summed E-state index contributed by atoms with van der Waals surface area (Å²) in [4.78, 5) is 24.2. The highest BCUT2D eigenvalue weighted by molar-refractivity contribution is 5.87. The van der Waals surface area contributed by atoms with Crippen molar-refractivity contribution < 1.29 is 19.4 Å². The lowest BCUT2D eigenvalue weighted by Gasteiger charge is -2.24. The third kappa shape index (κ3) is 3.33. The second-order valence-corrected chi connectivity index (χ2v) is 7.94. The summed E-state index contributed by atoms with van der Waals surface area (Å²) in [5.41, 5.74) is 2.30. The Labute approximate surface area is 148 Å². The van der Waals surface area contributed by atoms with Gasteiger partial charge >= 0.3 is 5.97 Å². The fraction of sp³-hybridized carbons (Fsp3) is 0.500. The maximum Gasteiger partial charge on any atom is 0.310 e. The number of amides is 1. The molecule has 1 amide bonds. The molecule has 0 saturated carbocycles. The molecular weight excluding hydrogens is 318 g/mol. The molecule has 2 heterocycles. The fourth-order valence-electron chi connectivity index (χ4n) is 3.58. The monoisotopic (exact) mass is 343 g/mol. The summed E-state index contributed by atoms with van der Waals surface area (Å²) in [7, 11) is 0. The van der Waals surface area contributed by atoms with Gasteiger partial charge < -0.3 is 15.2 Å². The third-order valence-electron chi connectivity index (χ3n) is 5.12. The van der Waals surface area contributed by atoms with E-state index in [-0.39, 0.29) is 17.4 Å². The number of carbonyl (C=O) groups is 2. The minimum atomic E-state index is -0.987. The lowest BCUT2D eigenvalue weighted by molar-refractivity contribution is -0.146. The molecule has 2 N–H and O–H groups in total. The second kappa shape index (κ2) is 6.30. The summed E-state index contributed by atoms with van der Waals surface area (Å²) < 4.78 is 5.57. The second-order valence-electron chi connectivity index (χ2n) is 7.94. The molecule has 0 spiro atoms. The predicted octanol–water partition coefficient (Wildman–Crippen LogP) is 2.82. The lowest BCUT2D eigenvalue weighted by Crippen LogP contribution is -2.43. The van der Waals surface area contributed by atoms with Crippen molar-refractivity contribution in [1.29, 1.82) is 0 Å². The average molecular weight is 343 g/mol. The normalized spacial score (nSPS) is 28.8. The molecule has 5 heteroatoms. The summed E-state index contributed by atoms with van der Waals surface area (Å²) in [6, 6.07) is 7.97. The van der Waals surface area contributed by atoms with Crippen LogP contribution in [0.2, 0.25) is 0 Å². The van der Waals surface area contributed by atoms with Crippen molar-refractivity contribution in [1.82, 2.24) is 5.32 Å². The Kier molecular flexibility index (Phi) is 4.45. The Morgan fingerprint density at radius 2 is 1.64 bits per heavy atom. The highest BCUT2D eigenvalue weighted by Crippen LogP contribution is 2.39. The van der Waals surface area contributed by atoms with Crippen LogP contribution >= 0.6 is 0 Å². The van der Waals surface area contributed by atoms with Gasteiger partial charge in [0.1, 0.15) is 5.92 Å². The van der Waals surface area contributed by atoms with Crippen LogP contribution in [-0.2, 0) is 19.7 Å². The van der Waals surface area contributed by atoms with Gasteiger partial charge in [-0.1, -0.05) is 57.2 Å². The van der Waals surface area contributed by atoms with E-state index < -0.39 is 30.0 Å². The maximum absolute atomic E-state index is 12.7. The van der Waals surface area contributed by atoms with Crippen molar-refractivity contribution in [3.63, 3.8) is 0 Å². The van der Waals surface area contributed by atoms with E-state index >= 15 is 0 Å². The van der Waals surface area contributed by atoms with E-state index in [0.717, 1.165) is 5.56 Å². The summed E-state index contributed by atoms with van der Waals surface area (Å²) in [6.45, 7) is 8.37. The Morgan fingerprint density at radius 3 is 2.16 bits per heavy atom. The molecule has 1 fully saturated rings. The molecule has 1 aromatic carbocycles. The first-order valence-corrected chi connectivity index (χ1v) is 8.66. The van der Waals surface area contributed by atoms with Crippen LogP contribution in [0.4, 0.5) is 0 Å². The molecule has 1 aromatic rings. The molecule has 2 aliphatic rings. The van der Waals surface area contributed by atoms with Gasteiger partial charge in [-0.2, -0.15) is 0 Å². The zero-order valence-electron chi connectivity index (χ0n) is 15.0. The third-order valence-corrected chi connectivity index (χ3v) is 5.12. The Morgan fingerprint density at radius 1 is 1.08 bits per heavy atom. The topological polar surface area (TPSA) is 75.6 Å². The zero-order chi connectivity index (χ0) is 18.4. The fourth-order valence-corrected chi connectivity index (χ4v) is 3.58. The molecule has 3 rings (SSSR count). The minimum Gasteiger partial charge on any atom is -0.481 e. The SMILES string of the molecule is C[C@H](NC(=O)[C@@H]1[C@@H](C(=O)O)[C@@H]2C=C[C@@H]1O2)c1ccc(C(C)(C)C)cc1. The molecule has 0 radical (unpaired) electrons. The van der Waals surface area contributed by atoms with Crippen molar-refractivity contribution >= 4 is 11.9 Å². The zero-order valence-corrected chi connectivity index (χ0v) is 15.0. The smallest absolute Gasteiger partial charge is 0.310 e. The number of hydrogen-bond donors (Lipinski definition) is 2. The number of fused-ring (bicyclic) bond motifs is 2. The molecule has 5 atom stereocenters. The Bertz CT molecular complexity index is 701. The molecule has 0 aromatic heterocycles. The quantitative estimate of drug-likeness (QED) is 0.824. The van der Waals surface area contributed by atoms with E-state index in [2.05, 4.69) is 38.2 Å². The lowest BCUT2D eigenvalue weighted by atomic mass is 9.82. The molecular formula is C20H25NO4. The standard InChI is InChI=1S/C20H25NO4/c1-11(12-5-7-13(8-6-12)20(2,3)4)21-18(22)16-14-9-10-15(25-14)17(16)19(23)24/h5-11,14-17H,1-4H3,(H,21,22)(H,23,24)/t11-,14-,15-,16-,17-/m0/s1. The van der Waals surface area contributed by atoms with Gasteiger partial charge in [0.15, 0.2) is 0 Å². The predicted molar refractivity (Wildman–Crippen MR) is 94.1 cm³/mol. The number of benzene rings is 1. The van der Waals surface area contributed by atoms with Gasteiger partial charge in [0.2, 0.25) is 5.91 Å². The largest absolute Gasteiger partial charge is 0.481 e. The molecule has 5 nitrogen and oxygen atoms in total. The van der Waals surface area contributed by atoms with Crippen molar-refractivity contribution in [2.45, 2.75) is 51.4 Å². The van der Waals surface area contributed by atoms with Gasteiger partial charge in [0, 0.05) is 0 Å². The summed E-state index contributed by atoms with van der Waals surface area (Å²) in [5, 5.41) is 12.4. The van der Waals surface area contributed by atoms with Crippen LogP contribution in [0.1, 0.15) is 44.9 Å². The van der Waals surface area contributed by atoms with Crippen LogP contribution < -0.4 is 5.32 Å². The van der Waals surface area contributed by atoms with E-state index in [0.29, 0.717) is 0 Å². The first kappa shape index (κ1) is 17.7. The number of nitrogens with one attached hydrogen (secondary N) is 1. The first-order chi connectivity index (χ1) is 11.7. The van der Waals surface area contributed by atoms with Crippen molar-refractivity contribution in [2.24, 2.45) is 11.8 Å². The average Bonchev–Trinajstić information content (AvgIpc) is 3.14. The highest BCUT2D eigenvalue weighted by atomic mass is 16.5. The van der Waals surface area contributed by atoms with E-state index in [9.17, 15) is 14.7 Å². The molecule has 2 aliphatic heterocycles. The van der Waals surface area contributed by atoms with Crippen LogP contribution in [0.3, 0.4) is 0 Å². The Balaban J connectivity index is 1.70. The number of rotatable bonds is 4. The van der Waals surface area contributed by atoms with E-state index in [1.54, 1.807) is 12.2 Å². The number of aliphatic carboxylic acids is 1. The molecule has 134 valence electrons. The molecule has 0 unspecified atom stereocenters. The van der Waals surface area contributed by atoms with E-state index in [1.807, 2.05) is 19.1 Å². The molecule has 25 heavy (non-hydrogen) atoms. The molecule has 0 aliphatic carbocycles. The van der Waals surface area contributed by atoms with E-state index in [4.69, 9.17) is 4.74 Å². The van der Waals surface area contributed by atoms with Crippen molar-refractivity contribution in [3.8, 4) is 0 Å². The molecule has 1 saturated heterocycles. The van der Waals surface area contributed by atoms with Gasteiger partial charge in [-0.25, -0.2) is 0 Å². The number of carbonyl (C=O) groups excluding carboxylic acids is 1. The van der Waals surface area contributed by atoms with Crippen LogP contribution in [0.5, 0.6) is 0 Å². The van der Waals surface area contributed by atoms with Crippen molar-refractivity contribution in [3.05, 3.63) is 47.5 Å². The van der Waals surface area contributed by atoms with Gasteiger partial charge in [0.25, 0.3) is 0 Å². The first-order valence-electron chi connectivity index (χ1n) is 8.66. The molecule has 2 bridgehead atoms. The van der Waals surface area contributed by atoms with Crippen LogP contribution in [-0.4, -0.2) is 29.2 Å². The van der Waals surface area contributed by atoms with Crippen LogP contribution in [0.15, 0.2) is 36.4 Å². The highest BCUT2D eigenvalue weighted by Gasteiger charge is 2.53. The van der Waals surface area contributed by atoms with Gasteiger partial charge in [-0.05, 0) is 23.5 Å². The van der Waals surface area contributed by atoms with E-state index in [1.165, 1.54) is 5.56 Å². The van der Waals surface area contributed by atoms with Gasteiger partial charge in [0.05, 0.1) is 24.2 Å². The number of carboxylic acids is 1. The summed E-state index contributed by atoms with van der Waals surface area (Å²) in [6.07, 6.45) is 2.58. The Hall–Kier alpha value is -2.14. The number of hydrogen-bond acceptors (Lipinski definition) is 3. The summed E-state index contributed by atoms with van der Waals surface area (Å²) in [5.74, 6) is -2.75. The number of carboxylic acid groups (broad SMARTS) is 1. The van der Waals surface area contributed by atoms with Crippen molar-refractivity contribution in [2.75, 3.05) is 0 Å². The van der Waals surface area contributed by atoms with Gasteiger partial charge in [-0.3, -0.25) is 9.59 Å². The number of ether oxygens (including phenoxy) is 1. The van der Waals surface area contributed by atoms with Crippen LogP contribution in [0.25, 0.3) is 0 Å².